The first kappa shape index (κ1) is 17.9. The van der Waals surface area contributed by atoms with Crippen LogP contribution in [-0.2, 0) is 25.7 Å². The molecule has 1 fully saturated rings. The Bertz CT molecular complexity index is 590. The molecule has 1 aromatic carbocycles. The molecular weight excluding hydrogens is 312 g/mol. The van der Waals surface area contributed by atoms with E-state index in [1.165, 1.54) is 11.8 Å². The van der Waals surface area contributed by atoms with Crippen LogP contribution in [0.25, 0.3) is 0 Å². The zero-order chi connectivity index (χ0) is 17.5. The lowest BCUT2D eigenvalue weighted by molar-refractivity contribution is -0.159. The normalized spacial score (nSPS) is 17.4. The summed E-state index contributed by atoms with van der Waals surface area (Å²) in [5.74, 6) is -1.33. The van der Waals surface area contributed by atoms with Crippen molar-refractivity contribution in [3.05, 3.63) is 35.9 Å². The van der Waals surface area contributed by atoms with E-state index in [-0.39, 0.29) is 31.4 Å². The Kier molecular flexibility index (Phi) is 6.31. The molecule has 0 bridgehead atoms. The summed E-state index contributed by atoms with van der Waals surface area (Å²) in [6.45, 7) is 2.86. The number of benzene rings is 1. The maximum atomic E-state index is 12.3. The van der Waals surface area contributed by atoms with Crippen LogP contribution in [0.1, 0.15) is 18.9 Å². The molecule has 0 spiro atoms. The Morgan fingerprint density at radius 1 is 1.29 bits per heavy atom. The summed E-state index contributed by atoms with van der Waals surface area (Å²) in [5.41, 5.74) is 0.998. The lowest BCUT2D eigenvalue weighted by Crippen LogP contribution is -2.49. The van der Waals surface area contributed by atoms with Crippen LogP contribution >= 0.6 is 0 Å². The SMILES string of the molecule is CC(=O)N(CCC(=O)N1CCO[C@H](C(=O)O)C1)Cc1ccccc1. The summed E-state index contributed by atoms with van der Waals surface area (Å²) in [6, 6.07) is 9.56. The molecule has 0 radical (unpaired) electrons. The Labute approximate surface area is 140 Å². The number of carboxylic acid groups (broad SMARTS) is 1. The monoisotopic (exact) mass is 334 g/mol. The second kappa shape index (κ2) is 8.44. The third-order valence-corrected chi connectivity index (χ3v) is 3.95. The van der Waals surface area contributed by atoms with Crippen LogP contribution < -0.4 is 0 Å². The van der Waals surface area contributed by atoms with Gasteiger partial charge >= 0.3 is 5.97 Å². The summed E-state index contributed by atoms with van der Waals surface area (Å²) < 4.78 is 5.10. The number of ether oxygens (including phenoxy) is 1. The Balaban J connectivity index is 1.88. The van der Waals surface area contributed by atoms with Gasteiger partial charge in [-0.1, -0.05) is 30.3 Å². The van der Waals surface area contributed by atoms with Crippen molar-refractivity contribution in [2.24, 2.45) is 0 Å². The van der Waals surface area contributed by atoms with Gasteiger partial charge in [-0.05, 0) is 5.56 Å². The lowest BCUT2D eigenvalue weighted by atomic mass is 10.2. The highest BCUT2D eigenvalue weighted by atomic mass is 16.5. The maximum Gasteiger partial charge on any atom is 0.334 e. The molecule has 7 nitrogen and oxygen atoms in total. The quantitative estimate of drug-likeness (QED) is 0.829. The first-order valence-corrected chi connectivity index (χ1v) is 7.89. The van der Waals surface area contributed by atoms with Gasteiger partial charge in [0.2, 0.25) is 11.8 Å². The molecule has 1 aliphatic heterocycles. The maximum absolute atomic E-state index is 12.3. The highest BCUT2D eigenvalue weighted by Gasteiger charge is 2.29. The molecule has 7 heteroatoms. The average molecular weight is 334 g/mol. The first-order valence-electron chi connectivity index (χ1n) is 7.89. The topological polar surface area (TPSA) is 87.2 Å². The molecule has 0 aromatic heterocycles. The molecule has 1 atom stereocenters. The number of carbonyl (C=O) groups is 3. The van der Waals surface area contributed by atoms with E-state index in [1.54, 1.807) is 4.90 Å². The summed E-state index contributed by atoms with van der Waals surface area (Å²) in [5, 5.41) is 8.98. The van der Waals surface area contributed by atoms with Crippen LogP contribution in [0.2, 0.25) is 0 Å². The fraction of sp³-hybridized carbons (Fsp3) is 0.471. The number of morpholine rings is 1. The second-order valence-corrected chi connectivity index (χ2v) is 5.71. The number of carboxylic acids is 1. The van der Waals surface area contributed by atoms with Gasteiger partial charge in [-0.2, -0.15) is 0 Å². The van der Waals surface area contributed by atoms with Crippen LogP contribution in [0.15, 0.2) is 30.3 Å². The third-order valence-electron chi connectivity index (χ3n) is 3.95. The van der Waals surface area contributed by atoms with Crippen molar-refractivity contribution >= 4 is 17.8 Å². The van der Waals surface area contributed by atoms with E-state index in [4.69, 9.17) is 9.84 Å². The predicted molar refractivity (Wildman–Crippen MR) is 86.1 cm³/mol. The molecule has 0 unspecified atom stereocenters. The smallest absolute Gasteiger partial charge is 0.334 e. The lowest BCUT2D eigenvalue weighted by Gasteiger charge is -2.31. The molecule has 2 rings (SSSR count). The van der Waals surface area contributed by atoms with Crippen molar-refractivity contribution in [2.45, 2.75) is 26.0 Å². The summed E-state index contributed by atoms with van der Waals surface area (Å²) in [6.07, 6.45) is -0.811. The third kappa shape index (κ3) is 5.06. The molecule has 1 saturated heterocycles. The van der Waals surface area contributed by atoms with Gasteiger partial charge in [0, 0.05) is 33.0 Å². The van der Waals surface area contributed by atoms with Crippen LogP contribution in [0, 0.1) is 0 Å². The Hall–Kier alpha value is -2.41. The van der Waals surface area contributed by atoms with Crippen molar-refractivity contribution in [3.63, 3.8) is 0 Å². The molecule has 2 amide bonds. The fourth-order valence-electron chi connectivity index (χ4n) is 2.57. The molecule has 130 valence electrons. The fourth-order valence-corrected chi connectivity index (χ4v) is 2.57. The van der Waals surface area contributed by atoms with Crippen molar-refractivity contribution in [1.82, 2.24) is 9.80 Å². The van der Waals surface area contributed by atoms with Crippen LogP contribution in [0.3, 0.4) is 0 Å². The van der Waals surface area contributed by atoms with E-state index in [9.17, 15) is 14.4 Å². The van der Waals surface area contributed by atoms with Crippen molar-refractivity contribution in [2.75, 3.05) is 26.2 Å². The van der Waals surface area contributed by atoms with Crippen molar-refractivity contribution < 1.29 is 24.2 Å². The number of carbonyl (C=O) groups excluding carboxylic acids is 2. The van der Waals surface area contributed by atoms with E-state index in [0.29, 0.717) is 19.6 Å². The van der Waals surface area contributed by atoms with Gasteiger partial charge in [0.25, 0.3) is 0 Å². The van der Waals surface area contributed by atoms with E-state index in [1.807, 2.05) is 30.3 Å². The number of hydrogen-bond acceptors (Lipinski definition) is 4. The molecule has 0 aliphatic carbocycles. The highest BCUT2D eigenvalue weighted by Crippen LogP contribution is 2.10. The Morgan fingerprint density at radius 3 is 2.62 bits per heavy atom. The number of rotatable bonds is 6. The van der Waals surface area contributed by atoms with Gasteiger partial charge in [-0.25, -0.2) is 4.79 Å². The minimum atomic E-state index is -1.07. The number of amides is 2. The standard InChI is InChI=1S/C17H22N2O5/c1-13(20)18(11-14-5-3-2-4-6-14)8-7-16(21)19-9-10-24-15(12-19)17(22)23/h2-6,15H,7-12H2,1H3,(H,22,23)/t15-/m0/s1. The summed E-state index contributed by atoms with van der Waals surface area (Å²) >= 11 is 0. The van der Waals surface area contributed by atoms with Crippen LogP contribution in [0.4, 0.5) is 0 Å². The van der Waals surface area contributed by atoms with Crippen molar-refractivity contribution in [3.8, 4) is 0 Å². The summed E-state index contributed by atoms with van der Waals surface area (Å²) in [7, 11) is 0. The minimum Gasteiger partial charge on any atom is -0.479 e. The molecule has 24 heavy (non-hydrogen) atoms. The Morgan fingerprint density at radius 2 is 2.00 bits per heavy atom. The van der Waals surface area contributed by atoms with Gasteiger partial charge in [0.05, 0.1) is 13.2 Å². The van der Waals surface area contributed by atoms with E-state index in [2.05, 4.69) is 0 Å². The molecule has 0 saturated carbocycles. The minimum absolute atomic E-state index is 0.0485. The zero-order valence-electron chi connectivity index (χ0n) is 13.7. The molecule has 1 N–H and O–H groups in total. The largest absolute Gasteiger partial charge is 0.479 e. The van der Waals surface area contributed by atoms with Gasteiger partial charge in [0.15, 0.2) is 6.10 Å². The van der Waals surface area contributed by atoms with E-state index < -0.39 is 12.1 Å². The van der Waals surface area contributed by atoms with E-state index >= 15 is 0 Å². The summed E-state index contributed by atoms with van der Waals surface area (Å²) in [4.78, 5) is 38.1. The zero-order valence-corrected chi connectivity index (χ0v) is 13.7. The average Bonchev–Trinajstić information content (AvgIpc) is 2.59. The molecule has 1 heterocycles. The van der Waals surface area contributed by atoms with Crippen LogP contribution in [-0.4, -0.2) is 65.0 Å². The van der Waals surface area contributed by atoms with Gasteiger partial charge in [0.1, 0.15) is 0 Å². The molecule has 1 aromatic rings. The molecular formula is C17H22N2O5. The van der Waals surface area contributed by atoms with Gasteiger partial charge in [-0.3, -0.25) is 9.59 Å². The van der Waals surface area contributed by atoms with Gasteiger partial charge in [-0.15, -0.1) is 0 Å². The number of aliphatic carboxylic acids is 1. The predicted octanol–water partition coefficient (Wildman–Crippen LogP) is 0.737. The number of nitrogens with zero attached hydrogens (tertiary/aromatic N) is 2. The molecule has 1 aliphatic rings. The first-order chi connectivity index (χ1) is 11.5. The van der Waals surface area contributed by atoms with Crippen molar-refractivity contribution in [1.29, 1.82) is 0 Å². The highest BCUT2D eigenvalue weighted by molar-refractivity contribution is 5.79. The van der Waals surface area contributed by atoms with Gasteiger partial charge < -0.3 is 19.6 Å². The second-order valence-electron chi connectivity index (χ2n) is 5.71. The number of hydrogen-bond donors (Lipinski definition) is 1. The van der Waals surface area contributed by atoms with Crippen LogP contribution in [0.5, 0.6) is 0 Å². The van der Waals surface area contributed by atoms with E-state index in [0.717, 1.165) is 5.56 Å².